The van der Waals surface area contributed by atoms with Gasteiger partial charge < -0.3 is 9.88 Å². The number of hydrogen-bond acceptors (Lipinski definition) is 3. The molecule has 0 atom stereocenters. The van der Waals surface area contributed by atoms with E-state index >= 15 is 0 Å². The highest BCUT2D eigenvalue weighted by molar-refractivity contribution is 6.07. The van der Waals surface area contributed by atoms with E-state index in [1.165, 1.54) is 17.2 Å². The molecule has 0 radical (unpaired) electrons. The van der Waals surface area contributed by atoms with Gasteiger partial charge in [-0.3, -0.25) is 4.79 Å². The zero-order valence-corrected chi connectivity index (χ0v) is 17.5. The second kappa shape index (κ2) is 8.19. The van der Waals surface area contributed by atoms with E-state index in [-0.39, 0.29) is 5.91 Å². The summed E-state index contributed by atoms with van der Waals surface area (Å²) in [5.74, 6) is 1.85. The summed E-state index contributed by atoms with van der Waals surface area (Å²) in [4.78, 5) is 12.6. The number of anilines is 1. The molecule has 0 spiro atoms. The smallest absolute Gasteiger partial charge is 0.248 e. The lowest BCUT2D eigenvalue weighted by Gasteiger charge is -2.11. The molecule has 1 aliphatic rings. The van der Waals surface area contributed by atoms with Gasteiger partial charge in [-0.1, -0.05) is 60.7 Å². The van der Waals surface area contributed by atoms with Gasteiger partial charge in [0.25, 0.3) is 0 Å². The minimum Gasteiger partial charge on any atom is -0.322 e. The van der Waals surface area contributed by atoms with Gasteiger partial charge in [0.05, 0.1) is 0 Å². The molecule has 3 aromatic carbocycles. The average Bonchev–Trinajstić information content (AvgIpc) is 3.41. The predicted octanol–water partition coefficient (Wildman–Crippen LogP) is 4.99. The molecule has 1 heterocycles. The molecule has 0 aliphatic heterocycles. The lowest BCUT2D eigenvalue weighted by atomic mass is 10.1. The number of nitrogens with zero attached hydrogens (tertiary/aromatic N) is 3. The Hall–Kier alpha value is -3.73. The monoisotopic (exact) mass is 408 g/mol. The molecule has 5 heteroatoms. The maximum absolute atomic E-state index is 12.6. The van der Waals surface area contributed by atoms with Crippen molar-refractivity contribution in [3.05, 3.63) is 95.6 Å². The molecule has 5 rings (SSSR count). The molecule has 5 nitrogen and oxygen atoms in total. The second-order valence-electron chi connectivity index (χ2n) is 7.88. The lowest BCUT2D eigenvalue weighted by Crippen LogP contribution is -2.11. The van der Waals surface area contributed by atoms with E-state index in [4.69, 9.17) is 0 Å². The number of rotatable bonds is 5. The van der Waals surface area contributed by atoms with Crippen molar-refractivity contribution in [3.8, 4) is 0 Å². The Morgan fingerprint density at radius 2 is 1.71 bits per heavy atom. The van der Waals surface area contributed by atoms with Gasteiger partial charge in [-0.15, -0.1) is 10.2 Å². The van der Waals surface area contributed by atoms with E-state index in [1.54, 1.807) is 6.08 Å². The summed E-state index contributed by atoms with van der Waals surface area (Å²) >= 11 is 0. The molecule has 0 saturated heterocycles. The molecule has 0 fully saturated rings. The van der Waals surface area contributed by atoms with Gasteiger partial charge in [-0.05, 0) is 48.4 Å². The molecule has 1 N–H and O–H groups in total. The molecule has 0 saturated carbocycles. The summed E-state index contributed by atoms with van der Waals surface area (Å²) in [6, 6.07) is 22.5. The van der Waals surface area contributed by atoms with Gasteiger partial charge in [0.15, 0.2) is 5.82 Å². The van der Waals surface area contributed by atoms with Crippen molar-refractivity contribution in [2.75, 3.05) is 5.32 Å². The number of carbonyl (C=O) groups is 1. The Morgan fingerprint density at radius 1 is 1.00 bits per heavy atom. The van der Waals surface area contributed by atoms with Crippen LogP contribution in [0.4, 0.5) is 5.69 Å². The molecular formula is C26H24N4O. The first-order chi connectivity index (χ1) is 15.2. The third-order valence-corrected chi connectivity index (χ3v) is 5.97. The highest BCUT2D eigenvalue weighted by Crippen LogP contribution is 2.33. The van der Waals surface area contributed by atoms with Crippen LogP contribution in [0.2, 0.25) is 0 Å². The summed E-state index contributed by atoms with van der Waals surface area (Å²) in [5.41, 5.74) is 3.59. The molecule has 0 bridgehead atoms. The summed E-state index contributed by atoms with van der Waals surface area (Å²) in [7, 11) is 0. The molecule has 1 amide bonds. The van der Waals surface area contributed by atoms with E-state index in [0.29, 0.717) is 11.7 Å². The number of nitrogens with one attached hydrogen (secondary N) is 1. The van der Waals surface area contributed by atoms with Gasteiger partial charge in [0.1, 0.15) is 5.82 Å². The van der Waals surface area contributed by atoms with Crippen LogP contribution in [0.15, 0.2) is 72.8 Å². The van der Waals surface area contributed by atoms with Gasteiger partial charge >= 0.3 is 0 Å². The first-order valence-corrected chi connectivity index (χ1v) is 10.7. The Morgan fingerprint density at radius 3 is 2.48 bits per heavy atom. The van der Waals surface area contributed by atoms with Crippen molar-refractivity contribution in [2.24, 2.45) is 0 Å². The van der Waals surface area contributed by atoms with E-state index in [9.17, 15) is 4.79 Å². The molecule has 0 unspecified atom stereocenters. The first kappa shape index (κ1) is 19.2. The van der Waals surface area contributed by atoms with Gasteiger partial charge in [0, 0.05) is 29.6 Å². The van der Waals surface area contributed by atoms with Crippen molar-refractivity contribution in [2.45, 2.75) is 32.2 Å². The fourth-order valence-electron chi connectivity index (χ4n) is 4.48. The predicted molar refractivity (Wildman–Crippen MR) is 124 cm³/mol. The van der Waals surface area contributed by atoms with E-state index < -0.39 is 0 Å². The summed E-state index contributed by atoms with van der Waals surface area (Å²) in [6.45, 7) is 2.85. The molecule has 1 aliphatic carbocycles. The van der Waals surface area contributed by atoms with Crippen LogP contribution in [-0.2, 0) is 24.2 Å². The number of hydrogen-bond donors (Lipinski definition) is 1. The fourth-order valence-corrected chi connectivity index (χ4v) is 4.48. The van der Waals surface area contributed by atoms with Crippen LogP contribution >= 0.6 is 0 Å². The van der Waals surface area contributed by atoms with Crippen molar-refractivity contribution >= 4 is 28.4 Å². The Balaban J connectivity index is 1.34. The quantitative estimate of drug-likeness (QED) is 0.474. The maximum Gasteiger partial charge on any atom is 0.248 e. The third-order valence-electron chi connectivity index (χ3n) is 5.97. The Labute approximate surface area is 181 Å². The SMILES string of the molecule is CCn1c(/C=C/C(=O)Nc2cccc3ccccc23)nnc1C1Cc2ccccc2C1. The molecule has 1 aromatic heterocycles. The van der Waals surface area contributed by atoms with E-state index in [0.717, 1.165) is 41.7 Å². The van der Waals surface area contributed by atoms with Crippen molar-refractivity contribution < 1.29 is 4.79 Å². The van der Waals surface area contributed by atoms with E-state index in [1.807, 2.05) is 42.5 Å². The molecule has 31 heavy (non-hydrogen) atoms. The summed E-state index contributed by atoms with van der Waals surface area (Å²) in [5, 5.41) is 14.0. The zero-order chi connectivity index (χ0) is 21.2. The fraction of sp³-hybridized carbons (Fsp3) is 0.192. The highest BCUT2D eigenvalue weighted by atomic mass is 16.1. The lowest BCUT2D eigenvalue weighted by molar-refractivity contribution is -0.111. The second-order valence-corrected chi connectivity index (χ2v) is 7.88. The number of amides is 1. The van der Waals surface area contributed by atoms with Gasteiger partial charge in [-0.25, -0.2) is 0 Å². The first-order valence-electron chi connectivity index (χ1n) is 10.7. The van der Waals surface area contributed by atoms with Crippen LogP contribution < -0.4 is 5.32 Å². The van der Waals surface area contributed by atoms with Crippen molar-refractivity contribution in [1.29, 1.82) is 0 Å². The standard InChI is InChI=1S/C26H24N4O/c1-2-30-24(28-29-26(30)21-16-19-9-3-4-10-20(19)17-21)14-15-25(31)27-23-13-7-11-18-8-5-6-12-22(18)23/h3-15,21H,2,16-17H2,1H3,(H,27,31)/b15-14+. The Bertz CT molecular complexity index is 1260. The molecular weight excluding hydrogens is 384 g/mol. The number of carbonyl (C=O) groups excluding carboxylic acids is 1. The van der Waals surface area contributed by atoms with Gasteiger partial charge in [-0.2, -0.15) is 0 Å². The topological polar surface area (TPSA) is 59.8 Å². The minimum atomic E-state index is -0.183. The van der Waals surface area contributed by atoms with Crippen molar-refractivity contribution in [3.63, 3.8) is 0 Å². The van der Waals surface area contributed by atoms with Crippen LogP contribution in [-0.4, -0.2) is 20.7 Å². The largest absolute Gasteiger partial charge is 0.322 e. The highest BCUT2D eigenvalue weighted by Gasteiger charge is 2.27. The van der Waals surface area contributed by atoms with Crippen LogP contribution in [0.3, 0.4) is 0 Å². The van der Waals surface area contributed by atoms with Crippen molar-refractivity contribution in [1.82, 2.24) is 14.8 Å². The number of benzene rings is 3. The molecule has 154 valence electrons. The maximum atomic E-state index is 12.6. The van der Waals surface area contributed by atoms with Crippen LogP contribution in [0, 0.1) is 0 Å². The van der Waals surface area contributed by atoms with Crippen LogP contribution in [0.25, 0.3) is 16.8 Å². The zero-order valence-electron chi connectivity index (χ0n) is 17.5. The van der Waals surface area contributed by atoms with Crippen LogP contribution in [0.5, 0.6) is 0 Å². The van der Waals surface area contributed by atoms with E-state index in [2.05, 4.69) is 51.3 Å². The summed E-state index contributed by atoms with van der Waals surface area (Å²) < 4.78 is 2.11. The van der Waals surface area contributed by atoms with Gasteiger partial charge in [0.2, 0.25) is 5.91 Å². The third kappa shape index (κ3) is 3.75. The summed E-state index contributed by atoms with van der Waals surface area (Å²) in [6.07, 6.45) is 5.26. The normalized spacial score (nSPS) is 13.7. The Kier molecular flexibility index (Phi) is 5.08. The number of fused-ring (bicyclic) bond motifs is 2. The molecule has 4 aromatic rings. The number of aromatic nitrogens is 3. The van der Waals surface area contributed by atoms with Crippen LogP contribution in [0.1, 0.15) is 35.6 Å². The minimum absolute atomic E-state index is 0.183. The average molecular weight is 409 g/mol.